The summed E-state index contributed by atoms with van der Waals surface area (Å²) in [5.41, 5.74) is 3.74. The Balaban J connectivity index is 1.73. The number of nitrogens with zero attached hydrogens (tertiary/aromatic N) is 2. The first kappa shape index (κ1) is 17.4. The van der Waals surface area contributed by atoms with E-state index >= 15 is 0 Å². The highest BCUT2D eigenvalue weighted by molar-refractivity contribution is 6.42. The van der Waals surface area contributed by atoms with Gasteiger partial charge in [-0.15, -0.1) is 0 Å². The summed E-state index contributed by atoms with van der Waals surface area (Å²) < 4.78 is 1.85. The van der Waals surface area contributed by atoms with Crippen LogP contribution in [0.3, 0.4) is 0 Å². The third-order valence-corrected chi connectivity index (χ3v) is 4.90. The van der Waals surface area contributed by atoms with Gasteiger partial charge in [-0.2, -0.15) is 5.10 Å². The second-order valence-electron chi connectivity index (χ2n) is 7.74. The standard InChI is InChI=1S/C20H25N3O2/c1-20(2,3)14-10-8-13(9-11-14)18(24)19(25)22-16-6-5-7-17-15(16)12-21-23(17)4/h8-12,16H,5-7H2,1-4H3,(H,22,25)/t16-/m1/s1. The number of hydrogen-bond donors (Lipinski definition) is 1. The van der Waals surface area contributed by atoms with Gasteiger partial charge in [-0.05, 0) is 30.2 Å². The minimum atomic E-state index is -0.551. The summed E-state index contributed by atoms with van der Waals surface area (Å²) in [5, 5.41) is 7.16. The molecule has 0 unspecified atom stereocenters. The molecule has 1 aromatic carbocycles. The molecule has 1 aliphatic rings. The number of fused-ring (bicyclic) bond motifs is 1. The van der Waals surface area contributed by atoms with E-state index in [1.807, 2.05) is 23.9 Å². The van der Waals surface area contributed by atoms with Crippen LogP contribution in [-0.4, -0.2) is 21.5 Å². The number of nitrogens with one attached hydrogen (secondary N) is 1. The number of carbonyl (C=O) groups excluding carboxylic acids is 2. The van der Waals surface area contributed by atoms with Gasteiger partial charge in [0.25, 0.3) is 5.91 Å². The molecular weight excluding hydrogens is 314 g/mol. The second-order valence-corrected chi connectivity index (χ2v) is 7.74. The Kier molecular flexibility index (Phi) is 4.50. The Morgan fingerprint density at radius 3 is 2.52 bits per heavy atom. The lowest BCUT2D eigenvalue weighted by molar-refractivity contribution is -0.117. The predicted octanol–water partition coefficient (Wildman–Crippen LogP) is 3.09. The monoisotopic (exact) mass is 339 g/mol. The molecule has 0 saturated carbocycles. The summed E-state index contributed by atoms with van der Waals surface area (Å²) in [4.78, 5) is 24.9. The van der Waals surface area contributed by atoms with Gasteiger partial charge in [-0.3, -0.25) is 14.3 Å². The summed E-state index contributed by atoms with van der Waals surface area (Å²) >= 11 is 0. The number of benzene rings is 1. The third-order valence-electron chi connectivity index (χ3n) is 4.90. The molecule has 1 aromatic heterocycles. The molecule has 0 fully saturated rings. The van der Waals surface area contributed by atoms with Crippen LogP contribution in [0.4, 0.5) is 0 Å². The van der Waals surface area contributed by atoms with Crippen molar-refractivity contribution >= 4 is 11.7 Å². The molecule has 2 aromatic rings. The van der Waals surface area contributed by atoms with Gasteiger partial charge in [0.1, 0.15) is 0 Å². The van der Waals surface area contributed by atoms with Crippen LogP contribution in [0.1, 0.15) is 66.8 Å². The topological polar surface area (TPSA) is 64.0 Å². The van der Waals surface area contributed by atoms with Crippen LogP contribution < -0.4 is 5.32 Å². The van der Waals surface area contributed by atoms with Crippen molar-refractivity contribution in [3.63, 3.8) is 0 Å². The number of Topliss-reactive ketones (excluding diaryl/α,β-unsaturated/α-hetero) is 1. The molecule has 0 radical (unpaired) electrons. The maximum Gasteiger partial charge on any atom is 0.292 e. The molecule has 5 nitrogen and oxygen atoms in total. The van der Waals surface area contributed by atoms with Crippen molar-refractivity contribution in [3.05, 3.63) is 52.8 Å². The molecule has 5 heteroatoms. The smallest absolute Gasteiger partial charge is 0.292 e. The molecule has 1 amide bonds. The SMILES string of the molecule is Cn1ncc2c1CCC[C@H]2NC(=O)C(=O)c1ccc(C(C)(C)C)cc1. The molecule has 1 atom stereocenters. The van der Waals surface area contributed by atoms with Crippen LogP contribution >= 0.6 is 0 Å². The van der Waals surface area contributed by atoms with Crippen LogP contribution in [0, 0.1) is 0 Å². The quantitative estimate of drug-likeness (QED) is 0.690. The van der Waals surface area contributed by atoms with Gasteiger partial charge in [0.15, 0.2) is 0 Å². The van der Waals surface area contributed by atoms with E-state index in [9.17, 15) is 9.59 Å². The average Bonchev–Trinajstić information content (AvgIpc) is 2.96. The van der Waals surface area contributed by atoms with Gasteiger partial charge < -0.3 is 5.32 Å². The number of amides is 1. The Morgan fingerprint density at radius 1 is 1.20 bits per heavy atom. The lowest BCUT2D eigenvalue weighted by Gasteiger charge is -2.23. The maximum absolute atomic E-state index is 12.5. The molecular formula is C20H25N3O2. The van der Waals surface area contributed by atoms with Crippen molar-refractivity contribution in [2.45, 2.75) is 51.5 Å². The van der Waals surface area contributed by atoms with E-state index in [1.54, 1.807) is 18.3 Å². The first-order valence-electron chi connectivity index (χ1n) is 8.74. The molecule has 132 valence electrons. The van der Waals surface area contributed by atoms with E-state index in [-0.39, 0.29) is 11.5 Å². The highest BCUT2D eigenvalue weighted by atomic mass is 16.2. The summed E-state index contributed by atoms with van der Waals surface area (Å²) in [6.45, 7) is 6.35. The molecule has 1 heterocycles. The Bertz CT molecular complexity index is 797. The third kappa shape index (κ3) is 3.50. The van der Waals surface area contributed by atoms with Crippen LogP contribution in [0.25, 0.3) is 0 Å². The second kappa shape index (κ2) is 6.47. The molecule has 25 heavy (non-hydrogen) atoms. The lowest BCUT2D eigenvalue weighted by atomic mass is 9.86. The summed E-state index contributed by atoms with van der Waals surface area (Å²) in [6.07, 6.45) is 4.56. The highest BCUT2D eigenvalue weighted by Gasteiger charge is 2.27. The minimum absolute atomic E-state index is 0.0165. The number of carbonyl (C=O) groups is 2. The van der Waals surface area contributed by atoms with Gasteiger partial charge in [0.2, 0.25) is 5.78 Å². The Morgan fingerprint density at radius 2 is 1.88 bits per heavy atom. The van der Waals surface area contributed by atoms with E-state index in [0.717, 1.165) is 36.1 Å². The van der Waals surface area contributed by atoms with Crippen molar-refractivity contribution in [2.75, 3.05) is 0 Å². The molecule has 0 spiro atoms. The van der Waals surface area contributed by atoms with Crippen LogP contribution in [-0.2, 0) is 23.7 Å². The lowest BCUT2D eigenvalue weighted by Crippen LogP contribution is -2.36. The number of hydrogen-bond acceptors (Lipinski definition) is 3. The van der Waals surface area contributed by atoms with Crippen LogP contribution in [0.2, 0.25) is 0 Å². The van der Waals surface area contributed by atoms with Gasteiger partial charge in [0, 0.05) is 23.9 Å². The summed E-state index contributed by atoms with van der Waals surface area (Å²) in [5.74, 6) is -1.04. The number of aryl methyl sites for hydroxylation is 1. The molecule has 3 rings (SSSR count). The Labute approximate surface area is 148 Å². The van der Waals surface area contributed by atoms with E-state index in [4.69, 9.17) is 0 Å². The number of rotatable bonds is 3. The van der Waals surface area contributed by atoms with Crippen LogP contribution in [0.5, 0.6) is 0 Å². The fourth-order valence-corrected chi connectivity index (χ4v) is 3.33. The van der Waals surface area contributed by atoms with Crippen molar-refractivity contribution in [1.82, 2.24) is 15.1 Å². The van der Waals surface area contributed by atoms with Gasteiger partial charge in [0.05, 0.1) is 12.2 Å². The molecule has 0 saturated heterocycles. The molecule has 0 aliphatic heterocycles. The number of aromatic nitrogens is 2. The highest BCUT2D eigenvalue weighted by Crippen LogP contribution is 2.29. The first-order chi connectivity index (χ1) is 11.8. The van der Waals surface area contributed by atoms with Gasteiger partial charge in [-0.1, -0.05) is 45.0 Å². The van der Waals surface area contributed by atoms with Crippen molar-refractivity contribution in [1.29, 1.82) is 0 Å². The van der Waals surface area contributed by atoms with Gasteiger partial charge in [-0.25, -0.2) is 0 Å². The zero-order chi connectivity index (χ0) is 18.2. The van der Waals surface area contributed by atoms with E-state index in [0.29, 0.717) is 5.56 Å². The maximum atomic E-state index is 12.5. The Hall–Kier alpha value is -2.43. The summed E-state index contributed by atoms with van der Waals surface area (Å²) in [7, 11) is 1.91. The fraction of sp³-hybridized carbons (Fsp3) is 0.450. The molecule has 0 bridgehead atoms. The normalized spacial score (nSPS) is 17.0. The van der Waals surface area contributed by atoms with E-state index < -0.39 is 11.7 Å². The van der Waals surface area contributed by atoms with E-state index in [1.165, 1.54) is 0 Å². The van der Waals surface area contributed by atoms with Gasteiger partial charge >= 0.3 is 0 Å². The first-order valence-corrected chi connectivity index (χ1v) is 8.74. The van der Waals surface area contributed by atoms with Crippen LogP contribution in [0.15, 0.2) is 30.5 Å². The zero-order valence-electron chi connectivity index (χ0n) is 15.3. The van der Waals surface area contributed by atoms with Crippen molar-refractivity contribution in [3.8, 4) is 0 Å². The molecule has 1 aliphatic carbocycles. The average molecular weight is 339 g/mol. The fourth-order valence-electron chi connectivity index (χ4n) is 3.33. The predicted molar refractivity (Wildman–Crippen MR) is 96.5 cm³/mol. The number of ketones is 1. The summed E-state index contributed by atoms with van der Waals surface area (Å²) in [6, 6.07) is 7.17. The van der Waals surface area contributed by atoms with Crippen molar-refractivity contribution < 1.29 is 9.59 Å². The zero-order valence-corrected chi connectivity index (χ0v) is 15.3. The van der Waals surface area contributed by atoms with E-state index in [2.05, 4.69) is 31.2 Å². The minimum Gasteiger partial charge on any atom is -0.342 e. The van der Waals surface area contributed by atoms with Crippen molar-refractivity contribution in [2.24, 2.45) is 7.05 Å². The largest absolute Gasteiger partial charge is 0.342 e. The molecule has 1 N–H and O–H groups in total.